The molecule has 2 aromatic heterocycles. The second-order valence-corrected chi connectivity index (χ2v) is 5.11. The number of benzene rings is 1. The number of hydrogen-bond donors (Lipinski definition) is 1. The topological polar surface area (TPSA) is 57.0 Å². The fourth-order valence-electron chi connectivity index (χ4n) is 2.86. The lowest BCUT2D eigenvalue weighted by Gasteiger charge is -2.03. The predicted molar refractivity (Wildman–Crippen MR) is 77.0 cm³/mol. The van der Waals surface area contributed by atoms with Crippen LogP contribution in [0.2, 0.25) is 0 Å². The number of nitrogens with two attached hydrogens (primary N) is 1. The van der Waals surface area contributed by atoms with Gasteiger partial charge in [0.15, 0.2) is 0 Å². The highest BCUT2D eigenvalue weighted by atomic mass is 16.5. The maximum Gasteiger partial charge on any atom is 0.222 e. The number of aryl methyl sites for hydroxylation is 3. The van der Waals surface area contributed by atoms with Crippen molar-refractivity contribution in [3.8, 4) is 11.3 Å². The van der Waals surface area contributed by atoms with E-state index in [4.69, 9.17) is 10.3 Å². The Morgan fingerprint density at radius 2 is 1.89 bits per heavy atom. The third-order valence-corrected chi connectivity index (χ3v) is 3.70. The van der Waals surface area contributed by atoms with E-state index in [0.29, 0.717) is 5.88 Å². The molecule has 0 amide bonds. The second-order valence-electron chi connectivity index (χ2n) is 5.11. The second kappa shape index (κ2) is 3.88. The number of nitrogens with zero attached hydrogens (tertiary/aromatic N) is 2. The van der Waals surface area contributed by atoms with E-state index in [2.05, 4.69) is 49.7 Å². The number of nitrogen functional groups attached to an aromatic ring is 1. The van der Waals surface area contributed by atoms with Gasteiger partial charge in [-0.25, -0.2) is 0 Å². The molecule has 0 bridgehead atoms. The van der Waals surface area contributed by atoms with Crippen molar-refractivity contribution in [1.82, 2.24) is 9.72 Å². The van der Waals surface area contributed by atoms with Crippen molar-refractivity contribution in [2.45, 2.75) is 20.8 Å². The van der Waals surface area contributed by atoms with Crippen molar-refractivity contribution >= 4 is 16.8 Å². The van der Waals surface area contributed by atoms with Crippen molar-refractivity contribution in [2.75, 3.05) is 5.73 Å². The van der Waals surface area contributed by atoms with Crippen LogP contribution in [0.4, 0.5) is 5.88 Å². The van der Waals surface area contributed by atoms with Gasteiger partial charge in [-0.1, -0.05) is 16.8 Å². The fraction of sp³-hybridized carbons (Fsp3) is 0.267. The van der Waals surface area contributed by atoms with E-state index in [1.165, 1.54) is 22.0 Å². The Morgan fingerprint density at radius 1 is 1.16 bits per heavy atom. The molecule has 0 fully saturated rings. The molecule has 1 aromatic carbocycles. The Morgan fingerprint density at radius 3 is 2.53 bits per heavy atom. The molecule has 0 atom stereocenters. The lowest BCUT2D eigenvalue weighted by Crippen LogP contribution is -1.92. The monoisotopic (exact) mass is 255 g/mol. The highest BCUT2D eigenvalue weighted by Crippen LogP contribution is 2.36. The molecule has 0 aliphatic rings. The molecule has 98 valence electrons. The van der Waals surface area contributed by atoms with Gasteiger partial charge in [0.2, 0.25) is 5.88 Å². The van der Waals surface area contributed by atoms with Gasteiger partial charge in [0, 0.05) is 29.8 Å². The number of anilines is 1. The summed E-state index contributed by atoms with van der Waals surface area (Å²) in [4.78, 5) is 0. The first-order chi connectivity index (χ1) is 8.99. The van der Waals surface area contributed by atoms with Crippen LogP contribution in [-0.4, -0.2) is 9.72 Å². The molecule has 4 nitrogen and oxygen atoms in total. The summed E-state index contributed by atoms with van der Waals surface area (Å²) in [6.07, 6.45) is 0. The Balaban J connectivity index is 2.45. The molecule has 0 saturated heterocycles. The van der Waals surface area contributed by atoms with Crippen molar-refractivity contribution < 1.29 is 4.52 Å². The highest BCUT2D eigenvalue weighted by molar-refractivity contribution is 5.99. The first kappa shape index (κ1) is 11.8. The average Bonchev–Trinajstić information content (AvgIpc) is 2.83. The third kappa shape index (κ3) is 1.63. The van der Waals surface area contributed by atoms with Gasteiger partial charge in [0.1, 0.15) is 5.69 Å². The smallest absolute Gasteiger partial charge is 0.222 e. The molecular formula is C15H17N3O. The summed E-state index contributed by atoms with van der Waals surface area (Å²) in [5.74, 6) is 0.343. The Kier molecular flexibility index (Phi) is 2.42. The average molecular weight is 255 g/mol. The minimum atomic E-state index is 0.343. The van der Waals surface area contributed by atoms with Crippen LogP contribution in [0.15, 0.2) is 22.7 Å². The molecule has 2 heterocycles. The SMILES string of the molecule is Cc1cc(C)c2c(c1)c(-c1cc(N)on1)c(C)n2C. The van der Waals surface area contributed by atoms with Gasteiger partial charge in [-0.2, -0.15) is 0 Å². The zero-order chi connectivity index (χ0) is 13.7. The summed E-state index contributed by atoms with van der Waals surface area (Å²) >= 11 is 0. The molecule has 3 rings (SSSR count). The Hall–Kier alpha value is -2.23. The van der Waals surface area contributed by atoms with Crippen LogP contribution in [0.5, 0.6) is 0 Å². The van der Waals surface area contributed by atoms with Crippen LogP contribution >= 0.6 is 0 Å². The van der Waals surface area contributed by atoms with Gasteiger partial charge in [-0.05, 0) is 32.4 Å². The maximum absolute atomic E-state index is 5.64. The largest absolute Gasteiger partial charge is 0.368 e. The zero-order valence-corrected chi connectivity index (χ0v) is 11.6. The van der Waals surface area contributed by atoms with Crippen molar-refractivity contribution in [3.63, 3.8) is 0 Å². The lowest BCUT2D eigenvalue weighted by atomic mass is 10.0. The van der Waals surface area contributed by atoms with E-state index in [9.17, 15) is 0 Å². The summed E-state index contributed by atoms with van der Waals surface area (Å²) in [6, 6.07) is 6.16. The zero-order valence-electron chi connectivity index (χ0n) is 11.6. The van der Waals surface area contributed by atoms with Gasteiger partial charge in [0.25, 0.3) is 0 Å². The van der Waals surface area contributed by atoms with Crippen LogP contribution in [0.1, 0.15) is 16.8 Å². The van der Waals surface area contributed by atoms with E-state index in [1.807, 2.05) is 0 Å². The van der Waals surface area contributed by atoms with Gasteiger partial charge < -0.3 is 14.8 Å². The number of rotatable bonds is 1. The third-order valence-electron chi connectivity index (χ3n) is 3.70. The fourth-order valence-corrected chi connectivity index (χ4v) is 2.86. The first-order valence-corrected chi connectivity index (χ1v) is 6.28. The molecule has 4 heteroatoms. The summed E-state index contributed by atoms with van der Waals surface area (Å²) in [6.45, 7) is 6.33. The van der Waals surface area contributed by atoms with Crippen LogP contribution in [0.3, 0.4) is 0 Å². The summed E-state index contributed by atoms with van der Waals surface area (Å²) < 4.78 is 7.21. The number of hydrogen-bond acceptors (Lipinski definition) is 3. The van der Waals surface area contributed by atoms with Gasteiger partial charge in [0.05, 0.1) is 5.52 Å². The van der Waals surface area contributed by atoms with E-state index < -0.39 is 0 Å². The molecule has 2 N–H and O–H groups in total. The van der Waals surface area contributed by atoms with E-state index in [-0.39, 0.29) is 0 Å². The number of fused-ring (bicyclic) bond motifs is 1. The van der Waals surface area contributed by atoms with Crippen LogP contribution in [0.25, 0.3) is 22.2 Å². The van der Waals surface area contributed by atoms with Crippen LogP contribution < -0.4 is 5.73 Å². The van der Waals surface area contributed by atoms with Crippen molar-refractivity contribution in [1.29, 1.82) is 0 Å². The molecular weight excluding hydrogens is 238 g/mol. The predicted octanol–water partition coefficient (Wildman–Crippen LogP) is 3.34. The molecule has 0 unspecified atom stereocenters. The van der Waals surface area contributed by atoms with Crippen LogP contribution in [0, 0.1) is 20.8 Å². The quantitative estimate of drug-likeness (QED) is 0.725. The number of aromatic nitrogens is 2. The highest BCUT2D eigenvalue weighted by Gasteiger charge is 2.18. The minimum absolute atomic E-state index is 0.343. The molecule has 0 aliphatic carbocycles. The molecule has 19 heavy (non-hydrogen) atoms. The van der Waals surface area contributed by atoms with Crippen LogP contribution in [-0.2, 0) is 7.05 Å². The Bertz CT molecular complexity index is 780. The van der Waals surface area contributed by atoms with E-state index >= 15 is 0 Å². The van der Waals surface area contributed by atoms with E-state index in [1.54, 1.807) is 6.07 Å². The normalized spacial score (nSPS) is 11.4. The summed E-state index contributed by atoms with van der Waals surface area (Å²) in [5, 5.41) is 5.26. The van der Waals surface area contributed by atoms with Gasteiger partial charge in [-0.15, -0.1) is 0 Å². The molecule has 0 saturated carbocycles. The van der Waals surface area contributed by atoms with Gasteiger partial charge >= 0.3 is 0 Å². The molecule has 0 radical (unpaired) electrons. The maximum atomic E-state index is 5.64. The van der Waals surface area contributed by atoms with E-state index in [0.717, 1.165) is 17.0 Å². The summed E-state index contributed by atoms with van der Waals surface area (Å²) in [7, 11) is 2.08. The van der Waals surface area contributed by atoms with Crippen molar-refractivity contribution in [3.05, 3.63) is 35.0 Å². The van der Waals surface area contributed by atoms with Crippen molar-refractivity contribution in [2.24, 2.45) is 7.05 Å². The molecule has 0 aliphatic heterocycles. The Labute approximate surface area is 111 Å². The lowest BCUT2D eigenvalue weighted by molar-refractivity contribution is 0.439. The molecule has 0 spiro atoms. The van der Waals surface area contributed by atoms with Gasteiger partial charge in [-0.3, -0.25) is 0 Å². The standard InChI is InChI=1S/C15H17N3O/c1-8-5-9(2)15-11(6-8)14(10(3)18(15)4)12-7-13(16)19-17-12/h5-7H,16H2,1-4H3. The summed E-state index contributed by atoms with van der Waals surface area (Å²) in [5.41, 5.74) is 12.4. The minimum Gasteiger partial charge on any atom is -0.368 e. The first-order valence-electron chi connectivity index (χ1n) is 6.28. The molecule has 3 aromatic rings.